The molecule has 0 aliphatic heterocycles. The maximum Gasteiger partial charge on any atom is 0.421 e. The molecule has 0 atom stereocenters. The summed E-state index contributed by atoms with van der Waals surface area (Å²) in [6.07, 6.45) is -4.02. The zero-order chi connectivity index (χ0) is 11.6. The summed E-state index contributed by atoms with van der Waals surface area (Å²) >= 11 is 0. The molecule has 0 radical (unpaired) electrons. The van der Waals surface area contributed by atoms with Crippen molar-refractivity contribution < 1.29 is 13.2 Å². The van der Waals surface area contributed by atoms with E-state index in [0.29, 0.717) is 12.1 Å². The lowest BCUT2D eigenvalue weighted by Crippen LogP contribution is -2.22. The minimum Gasteiger partial charge on any atom is -0.326 e. The van der Waals surface area contributed by atoms with Gasteiger partial charge in [0, 0.05) is 5.69 Å². The van der Waals surface area contributed by atoms with E-state index in [4.69, 9.17) is 0 Å². The van der Waals surface area contributed by atoms with Gasteiger partial charge >= 0.3 is 6.18 Å². The number of H-pyrrole nitrogens is 1. The van der Waals surface area contributed by atoms with Crippen LogP contribution in [0.5, 0.6) is 0 Å². The molecule has 1 N–H and O–H groups in total. The zero-order valence-corrected chi connectivity index (χ0v) is 8.48. The minimum absolute atomic E-state index is 0.289. The van der Waals surface area contributed by atoms with Crippen LogP contribution in [0.3, 0.4) is 0 Å². The van der Waals surface area contributed by atoms with Crippen molar-refractivity contribution in [2.75, 3.05) is 0 Å². The van der Waals surface area contributed by atoms with Gasteiger partial charge < -0.3 is 4.98 Å². The smallest absolute Gasteiger partial charge is 0.326 e. The fourth-order valence-corrected chi connectivity index (χ4v) is 1.30. The molecule has 0 saturated carbocycles. The zero-order valence-electron chi connectivity index (χ0n) is 8.48. The first-order chi connectivity index (χ1) is 6.80. The molecule has 1 aromatic heterocycles. The van der Waals surface area contributed by atoms with Crippen LogP contribution in [-0.4, -0.2) is 4.98 Å². The molecule has 0 aliphatic rings. The van der Waals surface area contributed by atoms with Crippen LogP contribution in [0.2, 0.25) is 0 Å². The van der Waals surface area contributed by atoms with Crippen LogP contribution in [0, 0.1) is 5.92 Å². The lowest BCUT2D eigenvalue weighted by Gasteiger charge is -2.08. The van der Waals surface area contributed by atoms with Crippen LogP contribution in [0.15, 0.2) is 16.9 Å². The summed E-state index contributed by atoms with van der Waals surface area (Å²) in [7, 11) is 0. The molecule has 0 amide bonds. The number of pyridine rings is 1. The average molecular weight is 219 g/mol. The minimum atomic E-state index is -4.58. The summed E-state index contributed by atoms with van der Waals surface area (Å²) in [6.45, 7) is 3.85. The van der Waals surface area contributed by atoms with Crippen LogP contribution in [0.25, 0.3) is 0 Å². The van der Waals surface area contributed by atoms with E-state index >= 15 is 0 Å². The summed E-state index contributed by atoms with van der Waals surface area (Å²) < 4.78 is 36.7. The highest BCUT2D eigenvalue weighted by molar-refractivity contribution is 5.17. The van der Waals surface area contributed by atoms with Gasteiger partial charge in [-0.1, -0.05) is 13.8 Å². The van der Waals surface area contributed by atoms with Crippen molar-refractivity contribution in [1.82, 2.24) is 4.98 Å². The standard InChI is InChI=1S/C10H12F3NO/c1-6(2)5-7-3-4-8(9(15)14-7)10(11,12)13/h3-4,6H,5H2,1-2H3,(H,14,15). The maximum absolute atomic E-state index is 12.2. The fourth-order valence-electron chi connectivity index (χ4n) is 1.30. The molecule has 1 rings (SSSR count). The predicted molar refractivity (Wildman–Crippen MR) is 50.6 cm³/mol. The average Bonchev–Trinajstić information content (AvgIpc) is 1.99. The van der Waals surface area contributed by atoms with E-state index in [1.165, 1.54) is 6.07 Å². The van der Waals surface area contributed by atoms with E-state index < -0.39 is 17.3 Å². The second-order valence-electron chi connectivity index (χ2n) is 3.82. The van der Waals surface area contributed by atoms with Crippen LogP contribution >= 0.6 is 0 Å². The van der Waals surface area contributed by atoms with Crippen LogP contribution in [0.4, 0.5) is 13.2 Å². The summed E-state index contributed by atoms with van der Waals surface area (Å²) in [5.74, 6) is 0.289. The van der Waals surface area contributed by atoms with Gasteiger partial charge in [0.25, 0.3) is 5.56 Å². The first-order valence-electron chi connectivity index (χ1n) is 4.60. The third-order valence-electron chi connectivity index (χ3n) is 1.90. The highest BCUT2D eigenvalue weighted by Crippen LogP contribution is 2.26. The Hall–Kier alpha value is -1.26. The van der Waals surface area contributed by atoms with Gasteiger partial charge in [-0.15, -0.1) is 0 Å². The molecule has 0 unspecified atom stereocenters. The van der Waals surface area contributed by atoms with Crippen molar-refractivity contribution in [3.05, 3.63) is 33.7 Å². The van der Waals surface area contributed by atoms with E-state index in [1.54, 1.807) is 0 Å². The molecule has 0 aliphatic carbocycles. The van der Waals surface area contributed by atoms with Crippen LogP contribution in [0.1, 0.15) is 25.1 Å². The number of aromatic nitrogens is 1. The summed E-state index contributed by atoms with van der Waals surface area (Å²) in [6, 6.07) is 2.14. The van der Waals surface area contributed by atoms with Gasteiger partial charge in [0.05, 0.1) is 0 Å². The Balaban J connectivity index is 3.04. The molecular formula is C10H12F3NO. The SMILES string of the molecule is CC(C)Cc1ccc(C(F)(F)F)c(=O)[nH]1. The monoisotopic (exact) mass is 219 g/mol. The number of halogens is 3. The Bertz CT molecular complexity index is 392. The lowest BCUT2D eigenvalue weighted by atomic mass is 10.1. The molecular weight excluding hydrogens is 207 g/mol. The molecule has 2 nitrogen and oxygen atoms in total. The second-order valence-corrected chi connectivity index (χ2v) is 3.82. The van der Waals surface area contributed by atoms with Crippen LogP contribution < -0.4 is 5.56 Å². The van der Waals surface area contributed by atoms with Crippen LogP contribution in [-0.2, 0) is 12.6 Å². The Morgan fingerprint density at radius 3 is 2.33 bits per heavy atom. The topological polar surface area (TPSA) is 32.9 Å². The highest BCUT2D eigenvalue weighted by atomic mass is 19.4. The first-order valence-corrected chi connectivity index (χ1v) is 4.60. The van der Waals surface area contributed by atoms with E-state index in [9.17, 15) is 18.0 Å². The van der Waals surface area contributed by atoms with E-state index in [0.717, 1.165) is 6.07 Å². The molecule has 1 aromatic rings. The Morgan fingerprint density at radius 1 is 1.33 bits per heavy atom. The molecule has 1 heterocycles. The highest BCUT2D eigenvalue weighted by Gasteiger charge is 2.33. The van der Waals surface area contributed by atoms with Crippen molar-refractivity contribution in [2.45, 2.75) is 26.4 Å². The van der Waals surface area contributed by atoms with E-state index in [-0.39, 0.29) is 5.92 Å². The van der Waals surface area contributed by atoms with Crippen molar-refractivity contribution in [3.8, 4) is 0 Å². The summed E-state index contributed by atoms with van der Waals surface area (Å²) in [5.41, 5.74) is -1.68. The largest absolute Gasteiger partial charge is 0.421 e. The van der Waals surface area contributed by atoms with Gasteiger partial charge in [-0.05, 0) is 24.5 Å². The van der Waals surface area contributed by atoms with Crippen molar-refractivity contribution in [2.24, 2.45) is 5.92 Å². The Labute approximate surface area is 85.1 Å². The third kappa shape index (κ3) is 3.11. The normalized spacial score (nSPS) is 12.1. The number of hydrogen-bond donors (Lipinski definition) is 1. The molecule has 0 spiro atoms. The second kappa shape index (κ2) is 4.08. The van der Waals surface area contributed by atoms with Gasteiger partial charge in [0.2, 0.25) is 0 Å². The van der Waals surface area contributed by atoms with E-state index in [1.807, 2.05) is 13.8 Å². The lowest BCUT2D eigenvalue weighted by molar-refractivity contribution is -0.138. The van der Waals surface area contributed by atoms with Gasteiger partial charge in [0.15, 0.2) is 0 Å². The molecule has 84 valence electrons. The third-order valence-corrected chi connectivity index (χ3v) is 1.90. The summed E-state index contributed by atoms with van der Waals surface area (Å²) in [5, 5.41) is 0. The maximum atomic E-state index is 12.2. The predicted octanol–water partition coefficient (Wildman–Crippen LogP) is 2.59. The molecule has 0 saturated heterocycles. The fraction of sp³-hybridized carbons (Fsp3) is 0.500. The first kappa shape index (κ1) is 11.8. The molecule has 0 aromatic carbocycles. The molecule has 0 fully saturated rings. The number of nitrogens with one attached hydrogen (secondary N) is 1. The number of rotatable bonds is 2. The molecule has 5 heteroatoms. The van der Waals surface area contributed by atoms with Crippen molar-refractivity contribution >= 4 is 0 Å². The van der Waals surface area contributed by atoms with Gasteiger partial charge in [0.1, 0.15) is 5.56 Å². The summed E-state index contributed by atoms with van der Waals surface area (Å²) in [4.78, 5) is 13.3. The van der Waals surface area contributed by atoms with Gasteiger partial charge in [-0.3, -0.25) is 4.79 Å². The quantitative estimate of drug-likeness (QED) is 0.814. The van der Waals surface area contributed by atoms with E-state index in [2.05, 4.69) is 4.98 Å². The molecule has 15 heavy (non-hydrogen) atoms. The van der Waals surface area contributed by atoms with Gasteiger partial charge in [-0.25, -0.2) is 0 Å². The molecule has 0 bridgehead atoms. The number of aromatic amines is 1. The number of alkyl halides is 3. The van der Waals surface area contributed by atoms with Crippen molar-refractivity contribution in [3.63, 3.8) is 0 Å². The number of hydrogen-bond acceptors (Lipinski definition) is 1. The Morgan fingerprint density at radius 2 is 1.93 bits per heavy atom. The Kier molecular flexibility index (Phi) is 3.21. The van der Waals surface area contributed by atoms with Gasteiger partial charge in [-0.2, -0.15) is 13.2 Å². The van der Waals surface area contributed by atoms with Crippen molar-refractivity contribution in [1.29, 1.82) is 0 Å².